The molecule has 0 aromatic rings. The zero-order chi connectivity index (χ0) is 13.1. The highest BCUT2D eigenvalue weighted by molar-refractivity contribution is 5.80. The van der Waals surface area contributed by atoms with Crippen molar-refractivity contribution in [2.24, 2.45) is 17.6 Å². The lowest BCUT2D eigenvalue weighted by Gasteiger charge is -2.33. The van der Waals surface area contributed by atoms with Crippen molar-refractivity contribution in [2.75, 3.05) is 0 Å². The van der Waals surface area contributed by atoms with E-state index in [0.29, 0.717) is 17.9 Å². The zero-order valence-electron chi connectivity index (χ0n) is 11.6. The summed E-state index contributed by atoms with van der Waals surface area (Å²) in [6, 6.07) is 0.364. The van der Waals surface area contributed by atoms with E-state index in [0.717, 1.165) is 12.8 Å². The molecule has 0 heterocycles. The summed E-state index contributed by atoms with van der Waals surface area (Å²) in [5.41, 5.74) is 7.02. The minimum Gasteiger partial charge on any atom is -0.368 e. The van der Waals surface area contributed by atoms with Gasteiger partial charge in [-0.1, -0.05) is 31.4 Å². The summed E-state index contributed by atoms with van der Waals surface area (Å²) in [6.45, 7) is 4.39. The van der Waals surface area contributed by atoms with Gasteiger partial charge in [-0.25, -0.2) is 0 Å². The van der Waals surface area contributed by atoms with Crippen molar-refractivity contribution in [3.05, 3.63) is 11.6 Å². The Kier molecular flexibility index (Phi) is 4.44. The highest BCUT2D eigenvalue weighted by Crippen LogP contribution is 2.31. The largest absolute Gasteiger partial charge is 0.368 e. The van der Waals surface area contributed by atoms with Crippen LogP contribution in [0.15, 0.2) is 11.6 Å². The van der Waals surface area contributed by atoms with Gasteiger partial charge in [0.25, 0.3) is 0 Å². The Hall–Kier alpha value is -0.830. The molecule has 3 atom stereocenters. The van der Waals surface area contributed by atoms with Gasteiger partial charge in [-0.2, -0.15) is 0 Å². The van der Waals surface area contributed by atoms with E-state index in [-0.39, 0.29) is 11.9 Å². The summed E-state index contributed by atoms with van der Waals surface area (Å²) in [5.74, 6) is 0.771. The molecule has 3 N–H and O–H groups in total. The van der Waals surface area contributed by atoms with Gasteiger partial charge in [0.15, 0.2) is 0 Å². The number of rotatable bonds is 4. The molecule has 2 aliphatic rings. The molecule has 0 radical (unpaired) electrons. The van der Waals surface area contributed by atoms with Crippen molar-refractivity contribution in [2.45, 2.75) is 64.5 Å². The summed E-state index contributed by atoms with van der Waals surface area (Å²) in [4.78, 5) is 11.7. The fraction of sp³-hybridized carbons (Fsp3) is 0.800. The van der Waals surface area contributed by atoms with Gasteiger partial charge in [0.2, 0.25) is 5.91 Å². The molecular formula is C15H26N2O. The Morgan fingerprint density at radius 1 is 1.44 bits per heavy atom. The monoisotopic (exact) mass is 250 g/mol. The fourth-order valence-electron chi connectivity index (χ4n) is 3.65. The second kappa shape index (κ2) is 5.87. The quantitative estimate of drug-likeness (QED) is 0.753. The summed E-state index contributed by atoms with van der Waals surface area (Å²) in [7, 11) is 0. The van der Waals surface area contributed by atoms with Crippen LogP contribution in [0.3, 0.4) is 0 Å². The Balaban J connectivity index is 2.00. The number of hydrogen-bond acceptors (Lipinski definition) is 2. The summed E-state index contributed by atoms with van der Waals surface area (Å²) in [5, 5.41) is 3.52. The van der Waals surface area contributed by atoms with E-state index < -0.39 is 0 Å². The Morgan fingerprint density at radius 3 is 2.67 bits per heavy atom. The van der Waals surface area contributed by atoms with Crippen LogP contribution in [-0.2, 0) is 4.79 Å². The van der Waals surface area contributed by atoms with Crippen LogP contribution < -0.4 is 11.1 Å². The maximum Gasteiger partial charge on any atom is 0.234 e. The molecule has 3 heteroatoms. The highest BCUT2D eigenvalue weighted by Gasteiger charge is 2.32. The molecule has 18 heavy (non-hydrogen) atoms. The van der Waals surface area contributed by atoms with Gasteiger partial charge in [-0.15, -0.1) is 0 Å². The van der Waals surface area contributed by atoms with Gasteiger partial charge in [0.1, 0.15) is 0 Å². The molecule has 0 spiro atoms. The second-order valence-electron chi connectivity index (χ2n) is 6.22. The molecule has 1 saturated carbocycles. The molecule has 0 saturated heterocycles. The van der Waals surface area contributed by atoms with Gasteiger partial charge < -0.3 is 11.1 Å². The molecule has 2 rings (SSSR count). The van der Waals surface area contributed by atoms with E-state index in [1.165, 1.54) is 31.3 Å². The minimum absolute atomic E-state index is 0.140. The number of nitrogens with two attached hydrogens (primary N) is 1. The molecule has 1 amide bonds. The van der Waals surface area contributed by atoms with Crippen molar-refractivity contribution in [1.29, 1.82) is 0 Å². The van der Waals surface area contributed by atoms with Crippen LogP contribution in [0.2, 0.25) is 0 Å². The molecule has 0 aromatic carbocycles. The molecule has 102 valence electrons. The first-order chi connectivity index (χ1) is 8.56. The van der Waals surface area contributed by atoms with Crippen molar-refractivity contribution in [3.63, 3.8) is 0 Å². The van der Waals surface area contributed by atoms with Gasteiger partial charge in [-0.05, 0) is 44.4 Å². The minimum atomic E-state index is -0.172. The summed E-state index contributed by atoms with van der Waals surface area (Å²) in [6.07, 6.45) is 9.36. The molecule has 2 aliphatic carbocycles. The first-order valence-corrected chi connectivity index (χ1v) is 7.29. The summed E-state index contributed by atoms with van der Waals surface area (Å²) >= 11 is 0. The highest BCUT2D eigenvalue weighted by atomic mass is 16.1. The lowest BCUT2D eigenvalue weighted by molar-refractivity contribution is -0.121. The van der Waals surface area contributed by atoms with Crippen LogP contribution in [-0.4, -0.2) is 18.0 Å². The lowest BCUT2D eigenvalue weighted by Crippen LogP contribution is -2.50. The molecule has 1 fully saturated rings. The molecular weight excluding hydrogens is 224 g/mol. The fourth-order valence-corrected chi connectivity index (χ4v) is 3.65. The number of carbonyl (C=O) groups excluding carboxylic acids is 1. The zero-order valence-corrected chi connectivity index (χ0v) is 11.6. The van der Waals surface area contributed by atoms with Crippen molar-refractivity contribution >= 4 is 5.91 Å². The van der Waals surface area contributed by atoms with E-state index in [1.54, 1.807) is 0 Å². The van der Waals surface area contributed by atoms with E-state index in [1.807, 2.05) is 0 Å². The molecule has 0 aliphatic heterocycles. The lowest BCUT2D eigenvalue weighted by atomic mass is 9.79. The van der Waals surface area contributed by atoms with E-state index in [4.69, 9.17) is 5.73 Å². The van der Waals surface area contributed by atoms with Crippen LogP contribution >= 0.6 is 0 Å². The van der Waals surface area contributed by atoms with E-state index in [2.05, 4.69) is 25.2 Å². The predicted octanol–water partition coefficient (Wildman–Crippen LogP) is 2.36. The maximum atomic E-state index is 11.7. The number of carbonyl (C=O) groups is 1. The van der Waals surface area contributed by atoms with Gasteiger partial charge >= 0.3 is 0 Å². The Bertz CT molecular complexity index is 331. The number of hydrogen-bond donors (Lipinski definition) is 2. The first-order valence-electron chi connectivity index (χ1n) is 7.29. The number of nitrogens with one attached hydrogen (secondary N) is 1. The smallest absolute Gasteiger partial charge is 0.234 e. The van der Waals surface area contributed by atoms with Crippen molar-refractivity contribution in [1.82, 2.24) is 5.32 Å². The average molecular weight is 250 g/mol. The normalized spacial score (nSPS) is 31.1. The molecule has 3 nitrogen and oxygen atoms in total. The third-order valence-corrected chi connectivity index (χ3v) is 4.38. The topological polar surface area (TPSA) is 55.1 Å². The standard InChI is InChI=1S/C15H26N2O/c1-10-7-11(2)9-12(8-10)14(15(16)18)17-13-5-3-4-6-13/h7,10,12-14,17H,3-6,8-9H2,1-2H3,(H2,16,18). The van der Waals surface area contributed by atoms with Crippen LogP contribution in [0.1, 0.15) is 52.4 Å². The van der Waals surface area contributed by atoms with Crippen LogP contribution in [0.4, 0.5) is 0 Å². The Morgan fingerprint density at radius 2 is 2.11 bits per heavy atom. The SMILES string of the molecule is CC1=CC(C)CC(C(NC2CCCC2)C(N)=O)C1. The van der Waals surface area contributed by atoms with Gasteiger partial charge in [0, 0.05) is 6.04 Å². The van der Waals surface area contributed by atoms with Crippen molar-refractivity contribution < 1.29 is 4.79 Å². The van der Waals surface area contributed by atoms with E-state index in [9.17, 15) is 4.79 Å². The average Bonchev–Trinajstić information content (AvgIpc) is 2.76. The first kappa shape index (κ1) is 13.6. The van der Waals surface area contributed by atoms with Crippen LogP contribution in [0.25, 0.3) is 0 Å². The van der Waals surface area contributed by atoms with Gasteiger partial charge in [0.05, 0.1) is 6.04 Å². The third-order valence-electron chi connectivity index (χ3n) is 4.38. The summed E-state index contributed by atoms with van der Waals surface area (Å²) < 4.78 is 0. The van der Waals surface area contributed by atoms with E-state index >= 15 is 0 Å². The number of allylic oxidation sites excluding steroid dienone is 2. The predicted molar refractivity (Wildman–Crippen MR) is 74.0 cm³/mol. The van der Waals surface area contributed by atoms with Crippen LogP contribution in [0, 0.1) is 11.8 Å². The number of primary amides is 1. The Labute approximate surface area is 110 Å². The second-order valence-corrected chi connectivity index (χ2v) is 6.22. The molecule has 3 unspecified atom stereocenters. The molecule has 0 aromatic heterocycles. The molecule has 0 bridgehead atoms. The number of amides is 1. The van der Waals surface area contributed by atoms with Crippen LogP contribution in [0.5, 0.6) is 0 Å². The van der Waals surface area contributed by atoms with Gasteiger partial charge in [-0.3, -0.25) is 4.79 Å². The third kappa shape index (κ3) is 3.35. The maximum absolute atomic E-state index is 11.7. The van der Waals surface area contributed by atoms with Crippen molar-refractivity contribution in [3.8, 4) is 0 Å².